The standard InChI is InChI=1S/C20H23N3O/c24-20(23-13-17(14-23)11-15-1-2-15)22-12-16-3-5-18(6-4-16)19-7-9-21-10-8-19/h3-10,15,17H,1-2,11-14H2,(H,22,24). The van der Waals surface area contributed by atoms with Crippen LogP contribution >= 0.6 is 0 Å². The van der Waals surface area contributed by atoms with Crippen molar-refractivity contribution >= 4 is 6.03 Å². The van der Waals surface area contributed by atoms with Crippen LogP contribution in [-0.4, -0.2) is 29.0 Å². The van der Waals surface area contributed by atoms with Crippen molar-refractivity contribution in [1.82, 2.24) is 15.2 Å². The summed E-state index contributed by atoms with van der Waals surface area (Å²) in [6.45, 7) is 2.45. The maximum absolute atomic E-state index is 12.1. The number of aromatic nitrogens is 1. The van der Waals surface area contributed by atoms with Gasteiger partial charge in [-0.25, -0.2) is 4.79 Å². The van der Waals surface area contributed by atoms with Crippen LogP contribution in [0.25, 0.3) is 11.1 Å². The van der Waals surface area contributed by atoms with Gasteiger partial charge in [-0.05, 0) is 47.1 Å². The van der Waals surface area contributed by atoms with Crippen LogP contribution in [-0.2, 0) is 6.54 Å². The Hall–Kier alpha value is -2.36. The second-order valence-corrected chi connectivity index (χ2v) is 7.04. The normalized spacial score (nSPS) is 17.4. The lowest BCUT2D eigenvalue weighted by Gasteiger charge is -2.39. The predicted molar refractivity (Wildman–Crippen MR) is 94.3 cm³/mol. The zero-order valence-corrected chi connectivity index (χ0v) is 13.8. The molecule has 2 aliphatic rings. The maximum atomic E-state index is 12.1. The van der Waals surface area contributed by atoms with E-state index in [0.717, 1.165) is 41.6 Å². The molecule has 2 aromatic rings. The Balaban J connectivity index is 1.25. The molecule has 0 bridgehead atoms. The molecule has 1 aromatic heterocycles. The minimum absolute atomic E-state index is 0.0697. The molecule has 1 aliphatic carbocycles. The number of nitrogens with zero attached hydrogens (tertiary/aromatic N) is 2. The number of pyridine rings is 1. The number of hydrogen-bond acceptors (Lipinski definition) is 2. The van der Waals surface area contributed by atoms with Gasteiger partial charge in [-0.1, -0.05) is 37.1 Å². The van der Waals surface area contributed by atoms with Crippen LogP contribution in [0.5, 0.6) is 0 Å². The molecule has 1 aliphatic heterocycles. The van der Waals surface area contributed by atoms with E-state index in [4.69, 9.17) is 0 Å². The number of amides is 2. The summed E-state index contributed by atoms with van der Waals surface area (Å²) in [7, 11) is 0. The summed E-state index contributed by atoms with van der Waals surface area (Å²) >= 11 is 0. The van der Waals surface area contributed by atoms with E-state index in [-0.39, 0.29) is 6.03 Å². The largest absolute Gasteiger partial charge is 0.334 e. The van der Waals surface area contributed by atoms with E-state index in [9.17, 15) is 4.79 Å². The summed E-state index contributed by atoms with van der Waals surface area (Å²) in [4.78, 5) is 18.1. The van der Waals surface area contributed by atoms with Gasteiger partial charge >= 0.3 is 6.03 Å². The number of hydrogen-bond donors (Lipinski definition) is 1. The van der Waals surface area contributed by atoms with Gasteiger partial charge in [-0.15, -0.1) is 0 Å². The van der Waals surface area contributed by atoms with Gasteiger partial charge in [0, 0.05) is 32.0 Å². The van der Waals surface area contributed by atoms with E-state index < -0.39 is 0 Å². The van der Waals surface area contributed by atoms with E-state index in [1.807, 2.05) is 17.0 Å². The number of carbonyl (C=O) groups excluding carboxylic acids is 1. The molecule has 4 heteroatoms. The van der Waals surface area contributed by atoms with Crippen molar-refractivity contribution in [2.45, 2.75) is 25.8 Å². The topological polar surface area (TPSA) is 45.2 Å². The number of nitrogens with one attached hydrogen (secondary N) is 1. The van der Waals surface area contributed by atoms with Crippen molar-refractivity contribution < 1.29 is 4.79 Å². The highest BCUT2D eigenvalue weighted by Gasteiger charge is 2.34. The van der Waals surface area contributed by atoms with Crippen molar-refractivity contribution in [2.24, 2.45) is 11.8 Å². The van der Waals surface area contributed by atoms with Crippen molar-refractivity contribution in [3.05, 3.63) is 54.4 Å². The highest BCUT2D eigenvalue weighted by Crippen LogP contribution is 2.37. The fourth-order valence-electron chi connectivity index (χ4n) is 3.36. The molecule has 2 heterocycles. The van der Waals surface area contributed by atoms with Gasteiger partial charge in [0.1, 0.15) is 0 Å². The molecule has 1 saturated carbocycles. The molecule has 0 unspecified atom stereocenters. The molecule has 0 atom stereocenters. The van der Waals surface area contributed by atoms with Crippen LogP contribution in [0.1, 0.15) is 24.8 Å². The Morgan fingerprint density at radius 1 is 1.00 bits per heavy atom. The molecule has 4 rings (SSSR count). The van der Waals surface area contributed by atoms with Crippen LogP contribution in [0.2, 0.25) is 0 Å². The average molecular weight is 321 g/mol. The van der Waals surface area contributed by atoms with Crippen LogP contribution in [0.4, 0.5) is 4.79 Å². The predicted octanol–water partition coefficient (Wildman–Crippen LogP) is 3.69. The summed E-state index contributed by atoms with van der Waals surface area (Å²) in [5.74, 6) is 1.70. The SMILES string of the molecule is O=C(NCc1ccc(-c2ccncc2)cc1)N1CC(CC2CC2)C1. The molecule has 0 radical (unpaired) electrons. The number of rotatable bonds is 5. The molecule has 0 spiro atoms. The van der Waals surface area contributed by atoms with Crippen LogP contribution in [0.3, 0.4) is 0 Å². The summed E-state index contributed by atoms with van der Waals surface area (Å²) < 4.78 is 0. The minimum atomic E-state index is 0.0697. The number of likely N-dealkylation sites (tertiary alicyclic amines) is 1. The van der Waals surface area contributed by atoms with E-state index in [1.54, 1.807) is 12.4 Å². The molecular weight excluding hydrogens is 298 g/mol. The molecule has 1 saturated heterocycles. The minimum Gasteiger partial charge on any atom is -0.334 e. The van der Waals surface area contributed by atoms with Gasteiger partial charge in [-0.2, -0.15) is 0 Å². The summed E-state index contributed by atoms with van der Waals surface area (Å²) in [6.07, 6.45) is 7.72. The molecule has 1 aromatic carbocycles. The highest BCUT2D eigenvalue weighted by atomic mass is 16.2. The van der Waals surface area contributed by atoms with Gasteiger partial charge < -0.3 is 10.2 Å². The van der Waals surface area contributed by atoms with E-state index >= 15 is 0 Å². The van der Waals surface area contributed by atoms with Crippen molar-refractivity contribution in [3.8, 4) is 11.1 Å². The fourth-order valence-corrected chi connectivity index (χ4v) is 3.36. The molecule has 2 fully saturated rings. The van der Waals surface area contributed by atoms with E-state index in [1.165, 1.54) is 19.3 Å². The number of benzene rings is 1. The monoisotopic (exact) mass is 321 g/mol. The zero-order valence-electron chi connectivity index (χ0n) is 13.8. The Kier molecular flexibility index (Phi) is 4.20. The highest BCUT2D eigenvalue weighted by molar-refractivity contribution is 5.75. The first kappa shape index (κ1) is 15.2. The van der Waals surface area contributed by atoms with Gasteiger partial charge in [0.25, 0.3) is 0 Å². The molecule has 4 nitrogen and oxygen atoms in total. The Labute approximate surface area is 142 Å². The Bertz CT molecular complexity index is 689. The van der Waals surface area contributed by atoms with Crippen molar-refractivity contribution in [3.63, 3.8) is 0 Å². The van der Waals surface area contributed by atoms with Gasteiger partial charge in [-0.3, -0.25) is 4.98 Å². The molecule has 2 amide bonds. The molecule has 124 valence electrons. The lowest BCUT2D eigenvalue weighted by Crippen LogP contribution is -2.53. The lowest BCUT2D eigenvalue weighted by atomic mass is 9.94. The molecular formula is C20H23N3O. The first-order valence-corrected chi connectivity index (χ1v) is 8.80. The number of carbonyl (C=O) groups is 1. The molecule has 1 N–H and O–H groups in total. The fraction of sp³-hybridized carbons (Fsp3) is 0.400. The summed E-state index contributed by atoms with van der Waals surface area (Å²) in [6, 6.07) is 12.4. The van der Waals surface area contributed by atoms with E-state index in [0.29, 0.717) is 6.54 Å². The third-order valence-corrected chi connectivity index (χ3v) is 5.02. The second kappa shape index (κ2) is 6.63. The van der Waals surface area contributed by atoms with Crippen LogP contribution in [0.15, 0.2) is 48.8 Å². The Morgan fingerprint density at radius 3 is 2.33 bits per heavy atom. The third kappa shape index (κ3) is 3.58. The Morgan fingerprint density at radius 2 is 1.67 bits per heavy atom. The maximum Gasteiger partial charge on any atom is 0.317 e. The summed E-state index contributed by atoms with van der Waals surface area (Å²) in [5.41, 5.74) is 3.44. The average Bonchev–Trinajstić information content (AvgIpc) is 3.41. The van der Waals surface area contributed by atoms with E-state index in [2.05, 4.69) is 34.6 Å². The zero-order chi connectivity index (χ0) is 16.4. The number of urea groups is 1. The quantitative estimate of drug-likeness (QED) is 0.913. The van der Waals surface area contributed by atoms with Crippen molar-refractivity contribution in [1.29, 1.82) is 0 Å². The van der Waals surface area contributed by atoms with Gasteiger partial charge in [0.15, 0.2) is 0 Å². The molecule has 24 heavy (non-hydrogen) atoms. The third-order valence-electron chi connectivity index (χ3n) is 5.02. The van der Waals surface area contributed by atoms with Crippen molar-refractivity contribution in [2.75, 3.05) is 13.1 Å². The summed E-state index contributed by atoms with van der Waals surface area (Å²) in [5, 5.41) is 3.03. The second-order valence-electron chi connectivity index (χ2n) is 7.04. The first-order chi connectivity index (χ1) is 11.8. The van der Waals surface area contributed by atoms with Gasteiger partial charge in [0.05, 0.1) is 0 Å². The van der Waals surface area contributed by atoms with Crippen LogP contribution < -0.4 is 5.32 Å². The lowest BCUT2D eigenvalue weighted by molar-refractivity contribution is 0.112. The smallest absolute Gasteiger partial charge is 0.317 e. The van der Waals surface area contributed by atoms with Gasteiger partial charge in [0.2, 0.25) is 0 Å². The van der Waals surface area contributed by atoms with Crippen LogP contribution in [0, 0.1) is 11.8 Å². The first-order valence-electron chi connectivity index (χ1n) is 8.80.